The van der Waals surface area contributed by atoms with Gasteiger partial charge in [-0.1, -0.05) is 30.3 Å². The van der Waals surface area contributed by atoms with Crippen LogP contribution in [0, 0.1) is 0 Å². The fraction of sp³-hybridized carbons (Fsp3) is 0.625. The number of rotatable bonds is 10. The molecular formula is C16H29N3. The van der Waals surface area contributed by atoms with Crippen molar-refractivity contribution >= 4 is 0 Å². The predicted octanol–water partition coefficient (Wildman–Crippen LogP) is 2.18. The Labute approximate surface area is 117 Å². The second-order valence-electron chi connectivity index (χ2n) is 5.41. The summed E-state index contributed by atoms with van der Waals surface area (Å²) in [4.78, 5) is 0. The largest absolute Gasteiger partial charge is 0.330 e. The van der Waals surface area contributed by atoms with E-state index in [1.54, 1.807) is 0 Å². The van der Waals surface area contributed by atoms with E-state index in [4.69, 9.17) is 17.2 Å². The average Bonchev–Trinajstić information content (AvgIpc) is 2.44. The molecule has 0 radical (unpaired) electrons. The molecule has 19 heavy (non-hydrogen) atoms. The minimum Gasteiger partial charge on any atom is -0.330 e. The maximum absolute atomic E-state index is 6.13. The number of nitrogens with two attached hydrogens (primary N) is 3. The number of aryl methyl sites for hydroxylation is 1. The molecule has 3 nitrogen and oxygen atoms in total. The first-order valence-electron chi connectivity index (χ1n) is 7.47. The van der Waals surface area contributed by atoms with Crippen LogP contribution in [0.3, 0.4) is 0 Å². The van der Waals surface area contributed by atoms with E-state index in [2.05, 4.69) is 30.3 Å². The Bertz CT molecular complexity index is 313. The summed E-state index contributed by atoms with van der Waals surface area (Å²) in [6, 6.07) is 11.1. The molecular weight excluding hydrogens is 234 g/mol. The van der Waals surface area contributed by atoms with Gasteiger partial charge >= 0.3 is 0 Å². The summed E-state index contributed by atoms with van der Waals surface area (Å²) < 4.78 is 0. The Hall–Kier alpha value is -0.900. The first-order valence-corrected chi connectivity index (χ1v) is 7.47. The highest BCUT2D eigenvalue weighted by molar-refractivity contribution is 5.14. The summed E-state index contributed by atoms with van der Waals surface area (Å²) in [6.07, 6.45) is 7.44. The van der Waals surface area contributed by atoms with Gasteiger partial charge in [-0.2, -0.15) is 0 Å². The molecule has 0 bridgehead atoms. The zero-order chi connectivity index (χ0) is 13.9. The molecule has 1 aromatic carbocycles. The van der Waals surface area contributed by atoms with Gasteiger partial charge in [0, 0.05) is 12.1 Å². The Morgan fingerprint density at radius 3 is 1.95 bits per heavy atom. The lowest BCUT2D eigenvalue weighted by atomic mass is 9.99. The second kappa shape index (κ2) is 9.96. The van der Waals surface area contributed by atoms with E-state index in [1.807, 2.05) is 0 Å². The molecule has 0 saturated heterocycles. The van der Waals surface area contributed by atoms with Crippen LogP contribution in [-0.4, -0.2) is 18.6 Å². The first kappa shape index (κ1) is 16.2. The van der Waals surface area contributed by atoms with Gasteiger partial charge in [0.05, 0.1) is 0 Å². The van der Waals surface area contributed by atoms with Gasteiger partial charge < -0.3 is 17.2 Å². The number of benzene rings is 1. The summed E-state index contributed by atoms with van der Waals surface area (Å²) in [5.41, 5.74) is 19.0. The molecule has 2 atom stereocenters. The zero-order valence-electron chi connectivity index (χ0n) is 11.9. The molecule has 108 valence electrons. The van der Waals surface area contributed by atoms with Gasteiger partial charge in [0.15, 0.2) is 0 Å². The lowest BCUT2D eigenvalue weighted by Gasteiger charge is -2.15. The Balaban J connectivity index is 2.06. The lowest BCUT2D eigenvalue weighted by Crippen LogP contribution is -2.26. The van der Waals surface area contributed by atoms with Gasteiger partial charge in [0.1, 0.15) is 0 Å². The van der Waals surface area contributed by atoms with E-state index in [9.17, 15) is 0 Å². The predicted molar refractivity (Wildman–Crippen MR) is 82.9 cm³/mol. The van der Waals surface area contributed by atoms with Crippen LogP contribution in [0.5, 0.6) is 0 Å². The van der Waals surface area contributed by atoms with Crippen LogP contribution in [0.2, 0.25) is 0 Å². The van der Waals surface area contributed by atoms with Crippen molar-refractivity contribution < 1.29 is 0 Å². The van der Waals surface area contributed by atoms with Gasteiger partial charge in [-0.15, -0.1) is 0 Å². The third-order valence-corrected chi connectivity index (χ3v) is 3.57. The lowest BCUT2D eigenvalue weighted by molar-refractivity contribution is 0.467. The first-order chi connectivity index (χ1) is 9.22. The van der Waals surface area contributed by atoms with E-state index < -0.39 is 0 Å². The average molecular weight is 263 g/mol. The molecule has 0 heterocycles. The molecule has 0 amide bonds. The topological polar surface area (TPSA) is 78.1 Å². The van der Waals surface area contributed by atoms with Crippen LogP contribution in [0.1, 0.15) is 44.1 Å². The van der Waals surface area contributed by atoms with Crippen molar-refractivity contribution in [3.8, 4) is 0 Å². The molecule has 0 spiro atoms. The minimum absolute atomic E-state index is 0.267. The maximum Gasteiger partial charge on any atom is 0.00398 e. The van der Waals surface area contributed by atoms with Crippen LogP contribution in [-0.2, 0) is 6.42 Å². The van der Waals surface area contributed by atoms with Gasteiger partial charge in [-0.3, -0.25) is 0 Å². The molecule has 0 aliphatic heterocycles. The Morgan fingerprint density at radius 1 is 0.789 bits per heavy atom. The third-order valence-electron chi connectivity index (χ3n) is 3.57. The summed E-state index contributed by atoms with van der Waals surface area (Å²) in [5.74, 6) is 0. The van der Waals surface area contributed by atoms with Gasteiger partial charge in [-0.05, 0) is 57.1 Å². The quantitative estimate of drug-likeness (QED) is 0.605. The smallest absolute Gasteiger partial charge is 0.00398 e. The summed E-state index contributed by atoms with van der Waals surface area (Å²) in [5, 5.41) is 0. The van der Waals surface area contributed by atoms with E-state index in [0.717, 1.165) is 51.5 Å². The van der Waals surface area contributed by atoms with Crippen LogP contribution < -0.4 is 17.2 Å². The summed E-state index contributed by atoms with van der Waals surface area (Å²) >= 11 is 0. The molecule has 0 fully saturated rings. The highest BCUT2D eigenvalue weighted by atomic mass is 14.7. The molecule has 6 N–H and O–H groups in total. The van der Waals surface area contributed by atoms with Crippen molar-refractivity contribution in [2.24, 2.45) is 17.2 Å². The van der Waals surface area contributed by atoms with Crippen molar-refractivity contribution in [1.82, 2.24) is 0 Å². The Morgan fingerprint density at radius 2 is 1.37 bits per heavy atom. The molecule has 1 rings (SSSR count). The van der Waals surface area contributed by atoms with E-state index in [-0.39, 0.29) is 12.1 Å². The summed E-state index contributed by atoms with van der Waals surface area (Å²) in [6.45, 7) is 0.733. The minimum atomic E-state index is 0.267. The Kier molecular flexibility index (Phi) is 8.47. The SMILES string of the molecule is NCCCC(N)CCC(N)CCCc1ccccc1. The van der Waals surface area contributed by atoms with Crippen LogP contribution in [0.15, 0.2) is 30.3 Å². The second-order valence-corrected chi connectivity index (χ2v) is 5.41. The normalized spacial score (nSPS) is 14.3. The highest BCUT2D eigenvalue weighted by Crippen LogP contribution is 2.10. The van der Waals surface area contributed by atoms with E-state index in [0.29, 0.717) is 0 Å². The standard InChI is InChI=1S/C16H29N3/c17-13-5-10-16(19)12-11-15(18)9-4-8-14-6-2-1-3-7-14/h1-3,6-7,15-16H,4-5,8-13,17-19H2. The molecule has 0 aromatic heterocycles. The number of hydrogen-bond acceptors (Lipinski definition) is 3. The van der Waals surface area contributed by atoms with Crippen LogP contribution in [0.4, 0.5) is 0 Å². The molecule has 0 aliphatic rings. The fourth-order valence-corrected chi connectivity index (χ4v) is 2.31. The van der Waals surface area contributed by atoms with Crippen LogP contribution in [0.25, 0.3) is 0 Å². The van der Waals surface area contributed by atoms with Crippen molar-refractivity contribution in [3.05, 3.63) is 35.9 Å². The van der Waals surface area contributed by atoms with Gasteiger partial charge in [0.25, 0.3) is 0 Å². The molecule has 1 aromatic rings. The maximum atomic E-state index is 6.13. The third kappa shape index (κ3) is 7.98. The molecule has 2 unspecified atom stereocenters. The van der Waals surface area contributed by atoms with Crippen molar-refractivity contribution in [3.63, 3.8) is 0 Å². The zero-order valence-corrected chi connectivity index (χ0v) is 11.9. The van der Waals surface area contributed by atoms with Crippen LogP contribution >= 0.6 is 0 Å². The fourth-order valence-electron chi connectivity index (χ4n) is 2.31. The summed E-state index contributed by atoms with van der Waals surface area (Å²) in [7, 11) is 0. The van der Waals surface area contributed by atoms with E-state index >= 15 is 0 Å². The van der Waals surface area contributed by atoms with Crippen molar-refractivity contribution in [2.45, 2.75) is 57.0 Å². The van der Waals surface area contributed by atoms with Gasteiger partial charge in [-0.25, -0.2) is 0 Å². The highest BCUT2D eigenvalue weighted by Gasteiger charge is 2.07. The van der Waals surface area contributed by atoms with E-state index in [1.165, 1.54) is 5.56 Å². The molecule has 0 aliphatic carbocycles. The van der Waals surface area contributed by atoms with Crippen molar-refractivity contribution in [2.75, 3.05) is 6.54 Å². The van der Waals surface area contributed by atoms with Gasteiger partial charge in [0.2, 0.25) is 0 Å². The number of hydrogen-bond donors (Lipinski definition) is 3. The van der Waals surface area contributed by atoms with Crippen molar-refractivity contribution in [1.29, 1.82) is 0 Å². The molecule has 3 heteroatoms. The molecule has 0 saturated carbocycles. The monoisotopic (exact) mass is 263 g/mol.